The Labute approximate surface area is 149 Å². The average molecular weight is 338 g/mol. The molecule has 0 spiro atoms. The minimum atomic E-state index is -0.291. The lowest BCUT2D eigenvalue weighted by molar-refractivity contribution is 0.0337. The summed E-state index contributed by atoms with van der Waals surface area (Å²) in [5.74, 6) is -0.510. The maximum Gasteiger partial charge on any atom is 0.272 e. The highest BCUT2D eigenvalue weighted by molar-refractivity contribution is 5.99. The molecule has 132 valence electrons. The second-order valence-electron chi connectivity index (χ2n) is 7.39. The Morgan fingerprint density at radius 3 is 2.00 bits per heavy atom. The van der Waals surface area contributed by atoms with Crippen molar-refractivity contribution in [1.29, 1.82) is 0 Å². The number of carbonyl (C=O) groups excluding carboxylic acids is 2. The lowest BCUT2D eigenvalue weighted by Crippen LogP contribution is -2.55. The molecule has 2 aromatic carbocycles. The molecule has 2 rings (SSSR count). The topological polar surface area (TPSA) is 49.4 Å². The number of hydrazine groups is 1. The van der Waals surface area contributed by atoms with Gasteiger partial charge in [-0.15, -0.1) is 0 Å². The number of rotatable bonds is 3. The number of carbonyl (C=O) groups is 2. The third-order valence-corrected chi connectivity index (χ3v) is 4.42. The summed E-state index contributed by atoms with van der Waals surface area (Å²) in [6, 6.07) is 16.1. The number of hydrogen-bond donors (Lipinski definition) is 1. The molecule has 0 fully saturated rings. The molecule has 4 nitrogen and oxygen atoms in total. The Balaban J connectivity index is 2.30. The molecule has 0 aliphatic heterocycles. The van der Waals surface area contributed by atoms with Crippen LogP contribution in [0.1, 0.15) is 54.0 Å². The molecule has 0 bridgehead atoms. The molecule has 0 radical (unpaired) electrons. The third-order valence-electron chi connectivity index (χ3n) is 4.42. The fraction of sp³-hybridized carbons (Fsp3) is 0.333. The van der Waals surface area contributed by atoms with Gasteiger partial charge < -0.3 is 0 Å². The molecule has 1 atom stereocenters. The molecule has 0 aliphatic rings. The van der Waals surface area contributed by atoms with Crippen LogP contribution in [0.5, 0.6) is 0 Å². The van der Waals surface area contributed by atoms with Crippen LogP contribution in [0.25, 0.3) is 0 Å². The van der Waals surface area contributed by atoms with E-state index in [0.717, 1.165) is 5.56 Å². The first-order valence-electron chi connectivity index (χ1n) is 8.46. The van der Waals surface area contributed by atoms with Crippen LogP contribution >= 0.6 is 0 Å². The SMILES string of the molecule is Cc1ccc(C(=O)NN(C(=O)c2ccccc2)C(C)C(C)(C)C)cc1. The van der Waals surface area contributed by atoms with E-state index in [-0.39, 0.29) is 23.3 Å². The van der Waals surface area contributed by atoms with Gasteiger partial charge in [0.1, 0.15) is 0 Å². The summed E-state index contributed by atoms with van der Waals surface area (Å²) in [5.41, 5.74) is 4.76. The van der Waals surface area contributed by atoms with E-state index in [9.17, 15) is 9.59 Å². The first-order valence-corrected chi connectivity index (χ1v) is 8.46. The van der Waals surface area contributed by atoms with Crippen LogP contribution in [-0.4, -0.2) is 22.9 Å². The maximum absolute atomic E-state index is 13.0. The van der Waals surface area contributed by atoms with Gasteiger partial charge in [0.2, 0.25) is 0 Å². The van der Waals surface area contributed by atoms with Crippen molar-refractivity contribution in [3.05, 3.63) is 71.3 Å². The minimum Gasteiger partial charge on any atom is -0.267 e. The summed E-state index contributed by atoms with van der Waals surface area (Å²) in [7, 11) is 0. The molecule has 2 aromatic rings. The fourth-order valence-electron chi connectivity index (χ4n) is 2.31. The molecule has 1 N–H and O–H groups in total. The number of benzene rings is 2. The van der Waals surface area contributed by atoms with Crippen LogP contribution in [0.15, 0.2) is 54.6 Å². The van der Waals surface area contributed by atoms with Crippen LogP contribution in [0.2, 0.25) is 0 Å². The standard InChI is InChI=1S/C21H26N2O2/c1-15-11-13-17(14-12-15)19(24)22-23(16(2)21(3,4)5)20(25)18-9-7-6-8-10-18/h6-14,16H,1-5H3,(H,22,24). The lowest BCUT2D eigenvalue weighted by Gasteiger charge is -2.37. The van der Waals surface area contributed by atoms with Gasteiger partial charge in [-0.25, -0.2) is 5.01 Å². The summed E-state index contributed by atoms with van der Waals surface area (Å²) >= 11 is 0. The van der Waals surface area contributed by atoms with Gasteiger partial charge in [0, 0.05) is 11.1 Å². The van der Waals surface area contributed by atoms with E-state index in [2.05, 4.69) is 5.43 Å². The van der Waals surface area contributed by atoms with Crippen LogP contribution < -0.4 is 5.43 Å². The van der Waals surface area contributed by atoms with Gasteiger partial charge in [0.25, 0.3) is 11.8 Å². The predicted octanol–water partition coefficient (Wildman–Crippen LogP) is 4.22. The molecule has 0 saturated carbocycles. The molecular weight excluding hydrogens is 312 g/mol. The number of amides is 2. The molecule has 0 aliphatic carbocycles. The average Bonchev–Trinajstić information content (AvgIpc) is 2.59. The zero-order valence-electron chi connectivity index (χ0n) is 15.5. The van der Waals surface area contributed by atoms with Crippen molar-refractivity contribution in [2.24, 2.45) is 5.41 Å². The van der Waals surface area contributed by atoms with Crippen LogP contribution in [0.4, 0.5) is 0 Å². The van der Waals surface area contributed by atoms with Gasteiger partial charge in [-0.2, -0.15) is 0 Å². The monoisotopic (exact) mass is 338 g/mol. The Morgan fingerprint density at radius 1 is 0.920 bits per heavy atom. The highest BCUT2D eigenvalue weighted by Crippen LogP contribution is 2.24. The van der Waals surface area contributed by atoms with Crippen molar-refractivity contribution in [2.45, 2.75) is 40.7 Å². The lowest BCUT2D eigenvalue weighted by atomic mass is 9.87. The second kappa shape index (κ2) is 7.51. The number of nitrogens with zero attached hydrogens (tertiary/aromatic N) is 1. The largest absolute Gasteiger partial charge is 0.272 e. The van der Waals surface area contributed by atoms with Crippen LogP contribution in [-0.2, 0) is 0 Å². The van der Waals surface area contributed by atoms with Gasteiger partial charge in [-0.3, -0.25) is 15.0 Å². The van der Waals surface area contributed by atoms with E-state index in [1.165, 1.54) is 5.01 Å². The molecule has 2 amide bonds. The highest BCUT2D eigenvalue weighted by Gasteiger charge is 2.32. The second-order valence-corrected chi connectivity index (χ2v) is 7.39. The van der Waals surface area contributed by atoms with E-state index < -0.39 is 0 Å². The van der Waals surface area contributed by atoms with E-state index in [4.69, 9.17) is 0 Å². The van der Waals surface area contributed by atoms with Crippen molar-refractivity contribution < 1.29 is 9.59 Å². The summed E-state index contributed by atoms with van der Waals surface area (Å²) in [6.07, 6.45) is 0. The number of hydrogen-bond acceptors (Lipinski definition) is 2. The Hall–Kier alpha value is -2.62. The van der Waals surface area contributed by atoms with Crippen molar-refractivity contribution in [2.75, 3.05) is 0 Å². The fourth-order valence-corrected chi connectivity index (χ4v) is 2.31. The Kier molecular flexibility index (Phi) is 5.62. The van der Waals surface area contributed by atoms with Gasteiger partial charge >= 0.3 is 0 Å². The van der Waals surface area contributed by atoms with Gasteiger partial charge in [-0.05, 0) is 43.5 Å². The van der Waals surface area contributed by atoms with Crippen molar-refractivity contribution in [3.63, 3.8) is 0 Å². The van der Waals surface area contributed by atoms with E-state index >= 15 is 0 Å². The molecule has 0 saturated heterocycles. The summed E-state index contributed by atoms with van der Waals surface area (Å²) in [6.45, 7) is 10.0. The third kappa shape index (κ3) is 4.69. The predicted molar refractivity (Wildman–Crippen MR) is 100 cm³/mol. The van der Waals surface area contributed by atoms with Gasteiger partial charge in [0.05, 0.1) is 6.04 Å². The zero-order valence-corrected chi connectivity index (χ0v) is 15.5. The normalized spacial score (nSPS) is 12.4. The maximum atomic E-state index is 13.0. The Bertz CT molecular complexity index is 731. The van der Waals surface area contributed by atoms with E-state index in [1.807, 2.05) is 65.0 Å². The molecule has 25 heavy (non-hydrogen) atoms. The highest BCUT2D eigenvalue weighted by atomic mass is 16.2. The van der Waals surface area contributed by atoms with Crippen molar-refractivity contribution >= 4 is 11.8 Å². The summed E-state index contributed by atoms with van der Waals surface area (Å²) in [5, 5.41) is 1.44. The van der Waals surface area contributed by atoms with Gasteiger partial charge in [0.15, 0.2) is 0 Å². The first kappa shape index (κ1) is 18.7. The zero-order chi connectivity index (χ0) is 18.6. The van der Waals surface area contributed by atoms with Crippen molar-refractivity contribution in [3.8, 4) is 0 Å². The molecule has 1 unspecified atom stereocenters. The van der Waals surface area contributed by atoms with Crippen LogP contribution in [0, 0.1) is 12.3 Å². The molecule has 0 aromatic heterocycles. The number of aryl methyl sites for hydroxylation is 1. The molecule has 0 heterocycles. The van der Waals surface area contributed by atoms with E-state index in [0.29, 0.717) is 11.1 Å². The van der Waals surface area contributed by atoms with Crippen molar-refractivity contribution in [1.82, 2.24) is 10.4 Å². The smallest absolute Gasteiger partial charge is 0.267 e. The number of nitrogens with one attached hydrogen (secondary N) is 1. The van der Waals surface area contributed by atoms with Crippen LogP contribution in [0.3, 0.4) is 0 Å². The Morgan fingerprint density at radius 2 is 1.48 bits per heavy atom. The molecular formula is C21H26N2O2. The van der Waals surface area contributed by atoms with E-state index in [1.54, 1.807) is 24.3 Å². The summed E-state index contributed by atoms with van der Waals surface area (Å²) < 4.78 is 0. The first-order chi connectivity index (χ1) is 11.7. The molecule has 4 heteroatoms. The minimum absolute atomic E-state index is 0.186. The quantitative estimate of drug-likeness (QED) is 0.852. The van der Waals surface area contributed by atoms with Gasteiger partial charge in [-0.1, -0.05) is 56.7 Å². The summed E-state index contributed by atoms with van der Waals surface area (Å²) in [4.78, 5) is 25.6.